The molecular formula is C14H20FNO2. The highest BCUT2D eigenvalue weighted by Gasteiger charge is 2.19. The van der Waals surface area contributed by atoms with Crippen LogP contribution in [0.5, 0.6) is 5.75 Å². The highest BCUT2D eigenvalue weighted by atomic mass is 19.1. The number of halogens is 1. The molecule has 1 aromatic rings. The van der Waals surface area contributed by atoms with Gasteiger partial charge in [0.25, 0.3) is 0 Å². The molecule has 0 saturated carbocycles. The van der Waals surface area contributed by atoms with Gasteiger partial charge in [0.15, 0.2) is 0 Å². The first kappa shape index (κ1) is 13.3. The van der Waals surface area contributed by atoms with Crippen LogP contribution < -0.4 is 4.74 Å². The van der Waals surface area contributed by atoms with Crippen LogP contribution in [-0.4, -0.2) is 42.4 Å². The molecule has 0 aliphatic carbocycles. The van der Waals surface area contributed by atoms with Crippen LogP contribution in [0.3, 0.4) is 0 Å². The van der Waals surface area contributed by atoms with E-state index < -0.39 is 0 Å². The predicted octanol–water partition coefficient (Wildman–Crippen LogP) is 2.05. The number of piperidine rings is 1. The molecule has 2 rings (SSSR count). The number of rotatable bonds is 5. The molecule has 3 nitrogen and oxygen atoms in total. The largest absolute Gasteiger partial charge is 0.490 e. The summed E-state index contributed by atoms with van der Waals surface area (Å²) in [5.41, 5.74) is 0. The van der Waals surface area contributed by atoms with E-state index in [1.807, 2.05) is 0 Å². The Bertz CT molecular complexity index is 347. The summed E-state index contributed by atoms with van der Waals surface area (Å²) in [4.78, 5) is 2.35. The molecule has 1 aromatic carbocycles. The second-order valence-corrected chi connectivity index (χ2v) is 4.69. The van der Waals surface area contributed by atoms with Crippen molar-refractivity contribution >= 4 is 0 Å². The number of likely N-dealkylation sites (tertiary alicyclic amines) is 1. The monoisotopic (exact) mass is 253 g/mol. The lowest BCUT2D eigenvalue weighted by atomic mass is 10.1. The van der Waals surface area contributed by atoms with Gasteiger partial charge in [-0.05, 0) is 43.5 Å². The Morgan fingerprint density at radius 2 is 1.89 bits per heavy atom. The van der Waals surface area contributed by atoms with Crippen LogP contribution in [0.4, 0.5) is 4.39 Å². The minimum Gasteiger partial charge on any atom is -0.490 e. The van der Waals surface area contributed by atoms with Gasteiger partial charge in [-0.3, -0.25) is 0 Å². The Balaban J connectivity index is 1.74. The Labute approximate surface area is 107 Å². The molecule has 0 aromatic heterocycles. The molecule has 0 bridgehead atoms. The van der Waals surface area contributed by atoms with E-state index in [1.54, 1.807) is 12.1 Å². The first-order chi connectivity index (χ1) is 8.78. The fourth-order valence-electron chi connectivity index (χ4n) is 2.25. The zero-order chi connectivity index (χ0) is 12.8. The lowest BCUT2D eigenvalue weighted by Gasteiger charge is -2.31. The van der Waals surface area contributed by atoms with E-state index >= 15 is 0 Å². The molecule has 0 spiro atoms. The molecule has 0 atom stereocenters. The number of hydrogen-bond donors (Lipinski definition) is 1. The van der Waals surface area contributed by atoms with Gasteiger partial charge in [-0.15, -0.1) is 0 Å². The molecule has 18 heavy (non-hydrogen) atoms. The summed E-state index contributed by atoms with van der Waals surface area (Å²) in [5, 5.41) is 8.78. The van der Waals surface area contributed by atoms with E-state index in [9.17, 15) is 4.39 Å². The van der Waals surface area contributed by atoms with E-state index in [0.717, 1.165) is 44.6 Å². The van der Waals surface area contributed by atoms with Crippen molar-refractivity contribution in [2.75, 3.05) is 26.2 Å². The minimum atomic E-state index is -0.235. The zero-order valence-corrected chi connectivity index (χ0v) is 10.5. The third kappa shape index (κ3) is 3.96. The van der Waals surface area contributed by atoms with Crippen molar-refractivity contribution in [2.24, 2.45) is 0 Å². The molecule has 1 heterocycles. The Morgan fingerprint density at radius 1 is 1.22 bits per heavy atom. The number of benzene rings is 1. The average molecular weight is 253 g/mol. The van der Waals surface area contributed by atoms with Gasteiger partial charge in [0, 0.05) is 26.2 Å². The summed E-state index contributed by atoms with van der Waals surface area (Å²) in [6.45, 7) is 3.23. The molecule has 100 valence electrons. The second-order valence-electron chi connectivity index (χ2n) is 4.69. The highest BCUT2D eigenvalue weighted by Crippen LogP contribution is 2.19. The molecule has 4 heteroatoms. The van der Waals surface area contributed by atoms with Crippen LogP contribution in [0.1, 0.15) is 19.3 Å². The third-order valence-electron chi connectivity index (χ3n) is 3.28. The molecule has 1 N–H and O–H groups in total. The fraction of sp³-hybridized carbons (Fsp3) is 0.571. The number of aliphatic hydroxyl groups is 1. The normalized spacial score (nSPS) is 17.9. The maximum absolute atomic E-state index is 12.8. The molecule has 0 radical (unpaired) electrons. The van der Waals surface area contributed by atoms with Gasteiger partial charge < -0.3 is 14.7 Å². The van der Waals surface area contributed by atoms with Gasteiger partial charge in [-0.2, -0.15) is 0 Å². The summed E-state index contributed by atoms with van der Waals surface area (Å²) >= 11 is 0. The molecule has 1 aliphatic rings. The molecule has 1 aliphatic heterocycles. The van der Waals surface area contributed by atoms with Gasteiger partial charge in [0.05, 0.1) is 0 Å². The maximum Gasteiger partial charge on any atom is 0.123 e. The summed E-state index contributed by atoms with van der Waals surface area (Å²) in [5.74, 6) is 0.506. The van der Waals surface area contributed by atoms with Crippen LogP contribution in [-0.2, 0) is 0 Å². The number of hydrogen-bond acceptors (Lipinski definition) is 3. The van der Waals surface area contributed by atoms with Gasteiger partial charge in [0.1, 0.15) is 17.7 Å². The van der Waals surface area contributed by atoms with Crippen molar-refractivity contribution in [3.63, 3.8) is 0 Å². The van der Waals surface area contributed by atoms with E-state index in [1.165, 1.54) is 12.1 Å². The summed E-state index contributed by atoms with van der Waals surface area (Å²) in [6.07, 6.45) is 3.04. The van der Waals surface area contributed by atoms with Crippen LogP contribution in [0.15, 0.2) is 24.3 Å². The van der Waals surface area contributed by atoms with Gasteiger partial charge in [-0.25, -0.2) is 4.39 Å². The Kier molecular flexibility index (Phi) is 4.96. The number of aliphatic hydroxyl groups excluding tert-OH is 1. The number of ether oxygens (including phenoxy) is 1. The quantitative estimate of drug-likeness (QED) is 0.871. The van der Waals surface area contributed by atoms with Crippen LogP contribution >= 0.6 is 0 Å². The van der Waals surface area contributed by atoms with E-state index in [0.29, 0.717) is 0 Å². The highest BCUT2D eigenvalue weighted by molar-refractivity contribution is 5.22. The lowest BCUT2D eigenvalue weighted by Crippen LogP contribution is -2.38. The van der Waals surface area contributed by atoms with Crippen LogP contribution in [0.25, 0.3) is 0 Å². The van der Waals surface area contributed by atoms with Gasteiger partial charge in [0.2, 0.25) is 0 Å². The van der Waals surface area contributed by atoms with Crippen molar-refractivity contribution in [3.8, 4) is 5.75 Å². The topological polar surface area (TPSA) is 32.7 Å². The van der Waals surface area contributed by atoms with E-state index in [2.05, 4.69) is 4.90 Å². The minimum absolute atomic E-state index is 0.223. The third-order valence-corrected chi connectivity index (χ3v) is 3.28. The lowest BCUT2D eigenvalue weighted by molar-refractivity contribution is 0.0963. The van der Waals surface area contributed by atoms with Crippen molar-refractivity contribution in [3.05, 3.63) is 30.1 Å². The van der Waals surface area contributed by atoms with Crippen LogP contribution in [0, 0.1) is 5.82 Å². The Morgan fingerprint density at radius 3 is 2.50 bits per heavy atom. The van der Waals surface area contributed by atoms with Crippen LogP contribution in [0.2, 0.25) is 0 Å². The SMILES string of the molecule is OCCCN1CCC(Oc2ccc(F)cc2)CC1. The van der Waals surface area contributed by atoms with E-state index in [4.69, 9.17) is 9.84 Å². The van der Waals surface area contributed by atoms with E-state index in [-0.39, 0.29) is 18.5 Å². The molecule has 1 fully saturated rings. The van der Waals surface area contributed by atoms with Crippen molar-refractivity contribution in [1.29, 1.82) is 0 Å². The fourth-order valence-corrected chi connectivity index (χ4v) is 2.25. The predicted molar refractivity (Wildman–Crippen MR) is 68.2 cm³/mol. The van der Waals surface area contributed by atoms with Crippen molar-refractivity contribution in [1.82, 2.24) is 4.90 Å². The smallest absolute Gasteiger partial charge is 0.123 e. The summed E-state index contributed by atoms with van der Waals surface area (Å²) in [6, 6.07) is 6.19. The summed E-state index contributed by atoms with van der Waals surface area (Å²) in [7, 11) is 0. The first-order valence-corrected chi connectivity index (χ1v) is 6.53. The second kappa shape index (κ2) is 6.71. The van der Waals surface area contributed by atoms with Gasteiger partial charge >= 0.3 is 0 Å². The first-order valence-electron chi connectivity index (χ1n) is 6.53. The van der Waals surface area contributed by atoms with Crippen molar-refractivity contribution in [2.45, 2.75) is 25.4 Å². The molecule has 0 amide bonds. The average Bonchev–Trinajstić information content (AvgIpc) is 2.41. The molecule has 1 saturated heterocycles. The van der Waals surface area contributed by atoms with Gasteiger partial charge in [-0.1, -0.05) is 0 Å². The standard InChI is InChI=1S/C14H20FNO2/c15-12-2-4-13(5-3-12)18-14-6-9-16(10-7-14)8-1-11-17/h2-5,14,17H,1,6-11H2. The maximum atomic E-state index is 12.8. The zero-order valence-electron chi connectivity index (χ0n) is 10.5. The van der Waals surface area contributed by atoms with Crippen molar-refractivity contribution < 1.29 is 14.2 Å². The number of nitrogens with zero attached hydrogens (tertiary/aromatic N) is 1. The Hall–Kier alpha value is -1.13. The summed E-state index contributed by atoms with van der Waals surface area (Å²) < 4.78 is 18.6. The molecule has 0 unspecified atom stereocenters. The molecular weight excluding hydrogens is 233 g/mol.